The number of aliphatic carboxylic acids is 1. The van der Waals surface area contributed by atoms with Crippen molar-refractivity contribution >= 4 is 29.2 Å². The number of hydrogen-bond acceptors (Lipinski definition) is 3. The molecule has 1 aliphatic heterocycles. The van der Waals surface area contributed by atoms with E-state index in [1.54, 1.807) is 24.3 Å². The van der Waals surface area contributed by atoms with Crippen LogP contribution in [0.15, 0.2) is 24.3 Å². The minimum absolute atomic E-state index is 0.335. The highest BCUT2D eigenvalue weighted by Gasteiger charge is 2.53. The number of β-lactam (4-membered cyclic amide) rings is 1. The van der Waals surface area contributed by atoms with E-state index in [9.17, 15) is 9.59 Å². The van der Waals surface area contributed by atoms with Gasteiger partial charge in [0.25, 0.3) is 5.91 Å². The smallest absolute Gasteiger partial charge is 0.330 e. The minimum Gasteiger partial charge on any atom is -0.480 e. The summed E-state index contributed by atoms with van der Waals surface area (Å²) in [6, 6.07) is 5.57. The van der Waals surface area contributed by atoms with Gasteiger partial charge in [-0.15, -0.1) is 0 Å². The summed E-state index contributed by atoms with van der Waals surface area (Å²) in [4.78, 5) is 24.0. The summed E-state index contributed by atoms with van der Waals surface area (Å²) in [5.74, 6) is -1.51. The average molecular weight is 256 g/mol. The number of hydrogen-bond donors (Lipinski definition) is 1. The molecule has 0 aliphatic carbocycles. The van der Waals surface area contributed by atoms with Crippen LogP contribution < -0.4 is 4.90 Å². The second-order valence-electron chi connectivity index (χ2n) is 3.60. The predicted octanol–water partition coefficient (Wildman–Crippen LogP) is 1.15. The van der Waals surface area contributed by atoms with Crippen molar-refractivity contribution < 1.29 is 19.4 Å². The number of amides is 1. The monoisotopic (exact) mass is 255 g/mol. The average Bonchev–Trinajstić information content (AvgIpc) is 2.28. The summed E-state index contributed by atoms with van der Waals surface area (Å²) in [6.45, 7) is 0. The van der Waals surface area contributed by atoms with Gasteiger partial charge in [-0.1, -0.05) is 23.7 Å². The van der Waals surface area contributed by atoms with Gasteiger partial charge in [0.2, 0.25) is 0 Å². The molecule has 1 aromatic rings. The van der Waals surface area contributed by atoms with Crippen molar-refractivity contribution in [2.24, 2.45) is 0 Å². The Labute approximate surface area is 103 Å². The fourth-order valence-electron chi connectivity index (χ4n) is 1.85. The molecule has 1 fully saturated rings. The lowest BCUT2D eigenvalue weighted by Crippen LogP contribution is -2.69. The third-order valence-corrected chi connectivity index (χ3v) is 2.98. The van der Waals surface area contributed by atoms with Crippen molar-refractivity contribution in [2.75, 3.05) is 12.0 Å². The number of anilines is 1. The maximum atomic E-state index is 11.7. The van der Waals surface area contributed by atoms with Crippen molar-refractivity contribution in [3.05, 3.63) is 29.3 Å². The first kappa shape index (κ1) is 11.9. The molecule has 0 spiro atoms. The summed E-state index contributed by atoms with van der Waals surface area (Å²) in [7, 11) is 1.31. The Hall–Kier alpha value is -1.59. The molecule has 0 bridgehead atoms. The summed E-state index contributed by atoms with van der Waals surface area (Å²) < 4.78 is 4.85. The number of rotatable bonds is 3. The Morgan fingerprint density at radius 3 is 2.65 bits per heavy atom. The lowest BCUT2D eigenvalue weighted by atomic mass is 9.96. The molecule has 0 unspecified atom stereocenters. The van der Waals surface area contributed by atoms with E-state index in [0.29, 0.717) is 10.7 Å². The van der Waals surface area contributed by atoms with Crippen LogP contribution in [-0.4, -0.2) is 36.2 Å². The number of nitrogens with zero attached hydrogens (tertiary/aromatic N) is 1. The van der Waals surface area contributed by atoms with Crippen LogP contribution in [-0.2, 0) is 14.3 Å². The molecule has 6 heteroatoms. The van der Waals surface area contributed by atoms with E-state index in [4.69, 9.17) is 21.4 Å². The summed E-state index contributed by atoms with van der Waals surface area (Å²) >= 11 is 5.93. The molecule has 1 aromatic carbocycles. The van der Waals surface area contributed by atoms with E-state index in [1.165, 1.54) is 7.11 Å². The number of carbonyl (C=O) groups is 2. The van der Waals surface area contributed by atoms with Gasteiger partial charge in [-0.25, -0.2) is 4.79 Å². The van der Waals surface area contributed by atoms with Crippen LogP contribution in [0.1, 0.15) is 0 Å². The molecule has 1 heterocycles. The number of methoxy groups -OCH3 is 1. The van der Waals surface area contributed by atoms with Gasteiger partial charge in [-0.2, -0.15) is 0 Å². The molecule has 1 N–H and O–H groups in total. The van der Waals surface area contributed by atoms with Crippen molar-refractivity contribution in [2.45, 2.75) is 12.1 Å². The molecular formula is C11H10ClNO4. The topological polar surface area (TPSA) is 66.8 Å². The second-order valence-corrected chi connectivity index (χ2v) is 4.01. The molecule has 90 valence electrons. The summed E-state index contributed by atoms with van der Waals surface area (Å²) in [5, 5.41) is 9.39. The van der Waals surface area contributed by atoms with Gasteiger partial charge >= 0.3 is 5.97 Å². The Morgan fingerprint density at radius 2 is 2.12 bits per heavy atom. The first-order valence-corrected chi connectivity index (χ1v) is 5.29. The predicted molar refractivity (Wildman–Crippen MR) is 61.2 cm³/mol. The third kappa shape index (κ3) is 1.77. The third-order valence-electron chi connectivity index (χ3n) is 2.66. The van der Waals surface area contributed by atoms with E-state index < -0.39 is 24.0 Å². The SMILES string of the molecule is CO[C@@H]1C(=O)N(c2ccccc2Cl)[C@@H]1C(=O)O. The van der Waals surface area contributed by atoms with Crippen LogP contribution in [0.3, 0.4) is 0 Å². The summed E-state index contributed by atoms with van der Waals surface area (Å²) in [5.41, 5.74) is 0.389. The Balaban J connectivity index is 2.36. The van der Waals surface area contributed by atoms with E-state index in [2.05, 4.69) is 0 Å². The second kappa shape index (κ2) is 4.35. The maximum absolute atomic E-state index is 11.7. The van der Waals surface area contributed by atoms with Gasteiger partial charge < -0.3 is 9.84 Å². The maximum Gasteiger partial charge on any atom is 0.330 e. The lowest BCUT2D eigenvalue weighted by Gasteiger charge is -2.43. The molecule has 1 amide bonds. The fraction of sp³-hybridized carbons (Fsp3) is 0.273. The van der Waals surface area contributed by atoms with E-state index >= 15 is 0 Å². The molecule has 1 aliphatic rings. The van der Waals surface area contributed by atoms with Crippen molar-refractivity contribution in [3.8, 4) is 0 Å². The zero-order valence-electron chi connectivity index (χ0n) is 8.96. The van der Waals surface area contributed by atoms with E-state index in [-0.39, 0.29) is 0 Å². The first-order chi connectivity index (χ1) is 8.07. The molecule has 0 aromatic heterocycles. The molecule has 17 heavy (non-hydrogen) atoms. The minimum atomic E-state index is -1.11. The van der Waals surface area contributed by atoms with E-state index in [1.807, 2.05) is 0 Å². The Kier molecular flexibility index (Phi) is 3.04. The van der Waals surface area contributed by atoms with Crippen LogP contribution in [0.25, 0.3) is 0 Å². The number of halogens is 1. The number of ether oxygens (including phenoxy) is 1. The Bertz CT molecular complexity index is 476. The van der Waals surface area contributed by atoms with Crippen molar-refractivity contribution in [1.29, 1.82) is 0 Å². The van der Waals surface area contributed by atoms with Crippen LogP contribution in [0, 0.1) is 0 Å². The highest BCUT2D eigenvalue weighted by molar-refractivity contribution is 6.34. The van der Waals surface area contributed by atoms with Crippen LogP contribution in [0.5, 0.6) is 0 Å². The number of carboxylic acid groups (broad SMARTS) is 1. The van der Waals surface area contributed by atoms with Crippen LogP contribution in [0.2, 0.25) is 5.02 Å². The zero-order valence-corrected chi connectivity index (χ0v) is 9.72. The van der Waals surface area contributed by atoms with Gasteiger partial charge in [0, 0.05) is 7.11 Å². The standard InChI is InChI=1S/C11H10ClNO4/c1-17-9-8(11(15)16)13(10(9)14)7-5-3-2-4-6(7)12/h2-5,8-9H,1H3,(H,15,16)/t8-,9-/m0/s1. The highest BCUT2D eigenvalue weighted by atomic mass is 35.5. The molecular weight excluding hydrogens is 246 g/mol. The highest BCUT2D eigenvalue weighted by Crippen LogP contribution is 2.34. The van der Waals surface area contributed by atoms with Gasteiger partial charge in [0.1, 0.15) is 0 Å². The van der Waals surface area contributed by atoms with Crippen molar-refractivity contribution in [1.82, 2.24) is 0 Å². The number of para-hydroxylation sites is 1. The van der Waals surface area contributed by atoms with E-state index in [0.717, 1.165) is 4.90 Å². The quantitative estimate of drug-likeness (QED) is 0.823. The number of carboxylic acids is 1. The largest absolute Gasteiger partial charge is 0.480 e. The van der Waals surface area contributed by atoms with Gasteiger partial charge in [-0.05, 0) is 12.1 Å². The van der Waals surface area contributed by atoms with Crippen molar-refractivity contribution in [3.63, 3.8) is 0 Å². The molecule has 2 rings (SSSR count). The van der Waals surface area contributed by atoms with Gasteiger partial charge in [0.15, 0.2) is 12.1 Å². The van der Waals surface area contributed by atoms with Crippen LogP contribution >= 0.6 is 11.6 Å². The lowest BCUT2D eigenvalue weighted by molar-refractivity contribution is -0.155. The first-order valence-electron chi connectivity index (χ1n) is 4.91. The number of benzene rings is 1. The van der Waals surface area contributed by atoms with Gasteiger partial charge in [-0.3, -0.25) is 9.69 Å². The Morgan fingerprint density at radius 1 is 1.47 bits per heavy atom. The van der Waals surface area contributed by atoms with Crippen LogP contribution in [0.4, 0.5) is 5.69 Å². The van der Waals surface area contributed by atoms with Gasteiger partial charge in [0.05, 0.1) is 10.7 Å². The number of carbonyl (C=O) groups excluding carboxylic acids is 1. The molecule has 5 nitrogen and oxygen atoms in total. The molecule has 0 radical (unpaired) electrons. The molecule has 0 saturated carbocycles. The molecule has 2 atom stereocenters. The zero-order chi connectivity index (χ0) is 12.6. The summed E-state index contributed by atoms with van der Waals surface area (Å²) in [6.07, 6.45) is -0.941. The molecule has 1 saturated heterocycles. The fourth-order valence-corrected chi connectivity index (χ4v) is 2.07. The normalized spacial score (nSPS) is 23.4.